The van der Waals surface area contributed by atoms with Crippen LogP contribution in [0, 0.1) is 0 Å². The Kier molecular flexibility index (Phi) is 3.20. The molecule has 0 saturated carbocycles. The van der Waals surface area contributed by atoms with Crippen molar-refractivity contribution in [2.45, 2.75) is 0 Å². The van der Waals surface area contributed by atoms with Gasteiger partial charge in [-0.3, -0.25) is 20.4 Å². The van der Waals surface area contributed by atoms with Gasteiger partial charge in [0.25, 0.3) is 5.91 Å². The highest BCUT2D eigenvalue weighted by atomic mass is 16.2. The van der Waals surface area contributed by atoms with Crippen molar-refractivity contribution in [2.24, 2.45) is 5.84 Å². The maximum atomic E-state index is 12.1. The summed E-state index contributed by atoms with van der Waals surface area (Å²) in [4.78, 5) is 28.7. The van der Waals surface area contributed by atoms with E-state index in [-0.39, 0.29) is 18.4 Å². The molecule has 0 radical (unpaired) electrons. The molecule has 1 fully saturated rings. The molecule has 2 rings (SSSR count). The lowest BCUT2D eigenvalue weighted by molar-refractivity contribution is -0.123. The van der Waals surface area contributed by atoms with Crippen LogP contribution in [0.4, 0.5) is 5.69 Å². The molecule has 0 spiro atoms. The highest BCUT2D eigenvalue weighted by Gasteiger charge is 2.23. The van der Waals surface area contributed by atoms with Gasteiger partial charge < -0.3 is 15.6 Å². The highest BCUT2D eigenvalue weighted by molar-refractivity contribution is 6.01. The number of nitrogens with zero attached hydrogens (tertiary/aromatic N) is 2. The number of pyridine rings is 1. The van der Waals surface area contributed by atoms with Crippen LogP contribution in [0.2, 0.25) is 0 Å². The smallest absolute Gasteiger partial charge is 0.256 e. The van der Waals surface area contributed by atoms with E-state index < -0.39 is 0 Å². The van der Waals surface area contributed by atoms with Crippen LogP contribution in [0.5, 0.6) is 0 Å². The van der Waals surface area contributed by atoms with E-state index in [1.807, 2.05) is 0 Å². The second-order valence-corrected chi connectivity index (χ2v) is 3.64. The Hall–Kier alpha value is -2.15. The number of carbonyl (C=O) groups excluding carboxylic acids is 2. The second-order valence-electron chi connectivity index (χ2n) is 3.64. The third kappa shape index (κ3) is 2.34. The number of rotatable bonds is 2. The van der Waals surface area contributed by atoms with Gasteiger partial charge in [0.2, 0.25) is 5.91 Å². The summed E-state index contributed by atoms with van der Waals surface area (Å²) >= 11 is 0. The molecule has 7 heteroatoms. The van der Waals surface area contributed by atoms with Crippen molar-refractivity contribution in [2.75, 3.05) is 25.1 Å². The van der Waals surface area contributed by atoms with E-state index in [2.05, 4.69) is 15.7 Å². The Balaban J connectivity index is 2.21. The molecule has 1 aromatic heterocycles. The lowest BCUT2D eigenvalue weighted by atomic mass is 10.2. The zero-order valence-electron chi connectivity index (χ0n) is 9.14. The lowest BCUT2D eigenvalue weighted by Crippen LogP contribution is -2.50. The van der Waals surface area contributed by atoms with Gasteiger partial charge in [-0.15, -0.1) is 0 Å². The first kappa shape index (κ1) is 11.3. The monoisotopic (exact) mass is 235 g/mol. The van der Waals surface area contributed by atoms with E-state index in [0.29, 0.717) is 24.3 Å². The van der Waals surface area contributed by atoms with Gasteiger partial charge in [-0.25, -0.2) is 0 Å². The number of anilines is 1. The molecule has 0 atom stereocenters. The van der Waals surface area contributed by atoms with Gasteiger partial charge in [0.05, 0.1) is 24.0 Å². The largest absolute Gasteiger partial charge is 0.353 e. The van der Waals surface area contributed by atoms with E-state index in [1.165, 1.54) is 17.3 Å². The number of hydrogen-bond donors (Lipinski definition) is 3. The van der Waals surface area contributed by atoms with Crippen LogP contribution < -0.4 is 16.6 Å². The summed E-state index contributed by atoms with van der Waals surface area (Å²) in [6, 6.07) is 1.57. The van der Waals surface area contributed by atoms with Crippen molar-refractivity contribution in [1.82, 2.24) is 15.2 Å². The van der Waals surface area contributed by atoms with Gasteiger partial charge in [0.1, 0.15) is 0 Å². The van der Waals surface area contributed by atoms with Crippen LogP contribution in [0.1, 0.15) is 10.4 Å². The number of hydrazine groups is 1. The summed E-state index contributed by atoms with van der Waals surface area (Å²) in [5.74, 6) is 4.93. The molecule has 7 nitrogen and oxygen atoms in total. The van der Waals surface area contributed by atoms with Gasteiger partial charge in [0.15, 0.2) is 0 Å². The quantitative estimate of drug-likeness (QED) is 0.448. The predicted molar refractivity (Wildman–Crippen MR) is 61.0 cm³/mol. The number of amides is 2. The summed E-state index contributed by atoms with van der Waals surface area (Å²) < 4.78 is 0. The lowest BCUT2D eigenvalue weighted by Gasteiger charge is -2.27. The number of piperazine rings is 1. The molecular formula is C10H13N5O2. The van der Waals surface area contributed by atoms with E-state index in [4.69, 9.17) is 5.84 Å². The van der Waals surface area contributed by atoms with Crippen molar-refractivity contribution in [3.8, 4) is 0 Å². The highest BCUT2D eigenvalue weighted by Crippen LogP contribution is 2.14. The molecular weight excluding hydrogens is 222 g/mol. The Bertz CT molecular complexity index is 448. The van der Waals surface area contributed by atoms with Gasteiger partial charge in [-0.2, -0.15) is 0 Å². The van der Waals surface area contributed by atoms with Gasteiger partial charge in [0, 0.05) is 19.3 Å². The van der Waals surface area contributed by atoms with Crippen LogP contribution >= 0.6 is 0 Å². The molecule has 2 amide bonds. The molecule has 0 aromatic carbocycles. The Morgan fingerprint density at radius 1 is 1.59 bits per heavy atom. The summed E-state index contributed by atoms with van der Waals surface area (Å²) in [5, 5.41) is 2.66. The van der Waals surface area contributed by atoms with Crippen LogP contribution in [-0.4, -0.2) is 41.3 Å². The topological polar surface area (TPSA) is 100 Å². The third-order valence-electron chi connectivity index (χ3n) is 2.53. The first-order chi connectivity index (χ1) is 8.22. The van der Waals surface area contributed by atoms with Crippen molar-refractivity contribution >= 4 is 17.5 Å². The number of nitrogens with two attached hydrogens (primary N) is 1. The first-order valence-corrected chi connectivity index (χ1v) is 5.19. The van der Waals surface area contributed by atoms with Gasteiger partial charge in [-0.1, -0.05) is 0 Å². The predicted octanol–water partition coefficient (Wildman–Crippen LogP) is -1.06. The summed E-state index contributed by atoms with van der Waals surface area (Å²) in [5.41, 5.74) is 3.28. The molecule has 0 aliphatic carbocycles. The molecule has 90 valence electrons. The minimum absolute atomic E-state index is 0.0746. The van der Waals surface area contributed by atoms with E-state index in [9.17, 15) is 9.59 Å². The molecule has 17 heavy (non-hydrogen) atoms. The fourth-order valence-corrected chi connectivity index (χ4v) is 1.68. The number of nitrogen functional groups attached to an aromatic ring is 1. The first-order valence-electron chi connectivity index (χ1n) is 5.19. The maximum absolute atomic E-state index is 12.1. The normalized spacial score (nSPS) is 15.4. The molecule has 1 aromatic rings. The molecule has 1 aliphatic heterocycles. The van der Waals surface area contributed by atoms with Crippen molar-refractivity contribution in [1.29, 1.82) is 0 Å². The molecule has 1 aliphatic rings. The van der Waals surface area contributed by atoms with Crippen LogP contribution in [0.15, 0.2) is 18.5 Å². The maximum Gasteiger partial charge on any atom is 0.256 e. The van der Waals surface area contributed by atoms with Crippen LogP contribution in [0.25, 0.3) is 0 Å². The molecule has 1 saturated heterocycles. The van der Waals surface area contributed by atoms with Crippen molar-refractivity contribution in [3.63, 3.8) is 0 Å². The van der Waals surface area contributed by atoms with E-state index in [1.54, 1.807) is 6.07 Å². The SMILES string of the molecule is NNc1cnccc1C(=O)N1CCNC(=O)C1. The molecule has 0 unspecified atom stereocenters. The Labute approximate surface area is 98.0 Å². The number of carbonyl (C=O) groups is 2. The van der Waals surface area contributed by atoms with Crippen molar-refractivity contribution in [3.05, 3.63) is 24.0 Å². The van der Waals surface area contributed by atoms with Gasteiger partial charge in [-0.05, 0) is 6.07 Å². The van der Waals surface area contributed by atoms with E-state index in [0.717, 1.165) is 0 Å². The average Bonchev–Trinajstić information content (AvgIpc) is 2.38. The Morgan fingerprint density at radius 3 is 3.12 bits per heavy atom. The fourth-order valence-electron chi connectivity index (χ4n) is 1.68. The van der Waals surface area contributed by atoms with Crippen molar-refractivity contribution < 1.29 is 9.59 Å². The second kappa shape index (κ2) is 4.79. The number of nitrogens with one attached hydrogen (secondary N) is 2. The number of hydrogen-bond acceptors (Lipinski definition) is 5. The number of aromatic nitrogens is 1. The fraction of sp³-hybridized carbons (Fsp3) is 0.300. The van der Waals surface area contributed by atoms with E-state index >= 15 is 0 Å². The average molecular weight is 235 g/mol. The summed E-state index contributed by atoms with van der Waals surface area (Å²) in [7, 11) is 0. The third-order valence-corrected chi connectivity index (χ3v) is 2.53. The molecule has 4 N–H and O–H groups in total. The zero-order chi connectivity index (χ0) is 12.3. The molecule has 0 bridgehead atoms. The minimum atomic E-state index is -0.227. The minimum Gasteiger partial charge on any atom is -0.353 e. The summed E-state index contributed by atoms with van der Waals surface area (Å²) in [6.45, 7) is 1.04. The van der Waals surface area contributed by atoms with Crippen LogP contribution in [0.3, 0.4) is 0 Å². The summed E-state index contributed by atoms with van der Waals surface area (Å²) in [6.07, 6.45) is 2.98. The standard InChI is InChI=1S/C10H13N5O2/c11-14-8-5-12-2-1-7(8)10(17)15-4-3-13-9(16)6-15/h1-2,5,14H,3-4,6,11H2,(H,13,16). The Morgan fingerprint density at radius 2 is 2.41 bits per heavy atom. The molecule has 2 heterocycles. The zero-order valence-corrected chi connectivity index (χ0v) is 9.14. The van der Waals surface area contributed by atoms with Gasteiger partial charge >= 0.3 is 0 Å². The van der Waals surface area contributed by atoms with Crippen LogP contribution in [-0.2, 0) is 4.79 Å².